The van der Waals surface area contributed by atoms with E-state index in [4.69, 9.17) is 0 Å². The summed E-state index contributed by atoms with van der Waals surface area (Å²) in [6, 6.07) is 5.74. The highest BCUT2D eigenvalue weighted by atomic mass is 32.2. The monoisotopic (exact) mass is 576 g/mol. The lowest BCUT2D eigenvalue weighted by Crippen LogP contribution is -2.49. The third-order valence-corrected chi connectivity index (χ3v) is 6.49. The van der Waals surface area contributed by atoms with Gasteiger partial charge in [-0.25, -0.2) is 13.2 Å². The van der Waals surface area contributed by atoms with Crippen LogP contribution in [0.4, 0.5) is 37.0 Å². The molecule has 1 aliphatic heterocycles. The van der Waals surface area contributed by atoms with E-state index in [9.17, 15) is 39.6 Å². The molecule has 0 bridgehead atoms. The third-order valence-electron chi connectivity index (χ3n) is 5.91. The Labute approximate surface area is 219 Å². The van der Waals surface area contributed by atoms with E-state index in [0.717, 1.165) is 41.4 Å². The molecule has 0 aliphatic carbocycles. The molecular weight excluding hydrogens is 554 g/mol. The molecule has 0 atom stereocenters. The summed E-state index contributed by atoms with van der Waals surface area (Å²) in [6.07, 6.45) is -6.18. The second-order valence-corrected chi connectivity index (χ2v) is 10.6. The van der Waals surface area contributed by atoms with E-state index >= 15 is 0 Å². The van der Waals surface area contributed by atoms with Gasteiger partial charge >= 0.3 is 18.4 Å². The Morgan fingerprint density at radius 3 is 2.23 bits per heavy atom. The number of amides is 1. The van der Waals surface area contributed by atoms with Crippen molar-refractivity contribution >= 4 is 21.9 Å². The standard InChI is InChI=1S/C23H22F6N6O3S/c1-39(37,38)32-20-6-7-35(31-20)21(36)34-10-8-33(9-11-34)14-16-2-4-17(22(24,25)26)12-18(16)15-3-5-19(30-13-15)23(27,28)29/h2-7,12-13H,8-11,14H2,1H3,(H,31,32). The Balaban J connectivity index is 1.48. The van der Waals surface area contributed by atoms with E-state index in [0.29, 0.717) is 18.7 Å². The number of nitrogens with zero attached hydrogens (tertiary/aromatic N) is 5. The molecule has 4 rings (SSSR count). The fourth-order valence-corrected chi connectivity index (χ4v) is 4.53. The largest absolute Gasteiger partial charge is 0.433 e. The lowest BCUT2D eigenvalue weighted by Gasteiger charge is -2.34. The number of rotatable bonds is 5. The van der Waals surface area contributed by atoms with E-state index in [1.807, 2.05) is 4.90 Å². The van der Waals surface area contributed by atoms with Gasteiger partial charge in [0, 0.05) is 56.7 Å². The molecule has 1 N–H and O–H groups in total. The molecule has 0 saturated carbocycles. The van der Waals surface area contributed by atoms with Gasteiger partial charge in [-0.15, -0.1) is 5.10 Å². The first kappa shape index (κ1) is 28.4. The number of aromatic nitrogens is 3. The van der Waals surface area contributed by atoms with E-state index < -0.39 is 39.7 Å². The maximum Gasteiger partial charge on any atom is 0.433 e. The van der Waals surface area contributed by atoms with Crippen molar-refractivity contribution in [3.63, 3.8) is 0 Å². The fraction of sp³-hybridized carbons (Fsp3) is 0.348. The summed E-state index contributed by atoms with van der Waals surface area (Å²) in [5.74, 6) is -0.0166. The number of carbonyl (C=O) groups excluding carboxylic acids is 1. The molecular formula is C23H22F6N6O3S. The third kappa shape index (κ3) is 7.06. The van der Waals surface area contributed by atoms with Crippen LogP contribution in [0, 0.1) is 0 Å². The van der Waals surface area contributed by atoms with Gasteiger partial charge in [-0.05, 0) is 29.3 Å². The first-order valence-corrected chi connectivity index (χ1v) is 13.3. The Morgan fingerprint density at radius 2 is 1.67 bits per heavy atom. The molecule has 210 valence electrons. The number of piperazine rings is 1. The number of alkyl halides is 6. The topological polar surface area (TPSA) is 100 Å². The molecule has 1 amide bonds. The summed E-state index contributed by atoms with van der Waals surface area (Å²) < 4.78 is 105. The summed E-state index contributed by atoms with van der Waals surface area (Å²) in [5.41, 5.74) is -1.44. The molecule has 3 heterocycles. The van der Waals surface area contributed by atoms with Crippen molar-refractivity contribution in [2.45, 2.75) is 18.9 Å². The van der Waals surface area contributed by atoms with Gasteiger partial charge < -0.3 is 4.90 Å². The van der Waals surface area contributed by atoms with E-state index in [2.05, 4.69) is 14.8 Å². The number of halogens is 6. The first-order valence-electron chi connectivity index (χ1n) is 11.4. The molecule has 1 aromatic carbocycles. The highest BCUT2D eigenvalue weighted by Gasteiger charge is 2.33. The minimum Gasteiger partial charge on any atom is -0.320 e. The van der Waals surface area contributed by atoms with Gasteiger partial charge in [-0.2, -0.15) is 31.0 Å². The van der Waals surface area contributed by atoms with Crippen molar-refractivity contribution < 1.29 is 39.6 Å². The van der Waals surface area contributed by atoms with Crippen LogP contribution in [0.5, 0.6) is 0 Å². The smallest absolute Gasteiger partial charge is 0.320 e. The molecule has 1 saturated heterocycles. The van der Waals surface area contributed by atoms with Crippen LogP contribution in [0.3, 0.4) is 0 Å². The molecule has 3 aromatic rings. The van der Waals surface area contributed by atoms with Gasteiger partial charge in [0.2, 0.25) is 10.0 Å². The number of anilines is 1. The van der Waals surface area contributed by atoms with Gasteiger partial charge in [0.15, 0.2) is 5.82 Å². The van der Waals surface area contributed by atoms with Crippen LogP contribution in [-0.2, 0) is 28.9 Å². The average molecular weight is 577 g/mol. The van der Waals surface area contributed by atoms with Crippen LogP contribution < -0.4 is 4.72 Å². The maximum atomic E-state index is 13.4. The predicted molar refractivity (Wildman–Crippen MR) is 128 cm³/mol. The van der Waals surface area contributed by atoms with E-state index in [-0.39, 0.29) is 36.6 Å². The number of nitrogens with one attached hydrogen (secondary N) is 1. The Morgan fingerprint density at radius 1 is 0.974 bits per heavy atom. The summed E-state index contributed by atoms with van der Waals surface area (Å²) in [5, 5.41) is 3.91. The minimum absolute atomic E-state index is 0.0166. The fourth-order valence-electron chi connectivity index (χ4n) is 4.04. The second kappa shape index (κ2) is 10.5. The molecule has 0 spiro atoms. The highest BCUT2D eigenvalue weighted by molar-refractivity contribution is 7.92. The molecule has 9 nitrogen and oxygen atoms in total. The lowest BCUT2D eigenvalue weighted by atomic mass is 9.97. The lowest BCUT2D eigenvalue weighted by molar-refractivity contribution is -0.141. The van der Waals surface area contributed by atoms with Gasteiger partial charge in [0.1, 0.15) is 5.69 Å². The van der Waals surface area contributed by atoms with E-state index in [1.165, 1.54) is 23.2 Å². The van der Waals surface area contributed by atoms with Crippen LogP contribution in [0.25, 0.3) is 11.1 Å². The summed E-state index contributed by atoms with van der Waals surface area (Å²) in [6.45, 7) is 1.40. The van der Waals surface area contributed by atoms with Crippen LogP contribution in [-0.4, -0.2) is 71.4 Å². The molecule has 39 heavy (non-hydrogen) atoms. The molecule has 0 radical (unpaired) electrons. The van der Waals surface area contributed by atoms with Crippen molar-refractivity contribution in [2.24, 2.45) is 0 Å². The zero-order valence-electron chi connectivity index (χ0n) is 20.3. The van der Waals surface area contributed by atoms with Crippen LogP contribution in [0.2, 0.25) is 0 Å². The number of carbonyl (C=O) groups is 1. The Hall–Kier alpha value is -3.66. The zero-order valence-corrected chi connectivity index (χ0v) is 21.1. The van der Waals surface area contributed by atoms with Crippen molar-refractivity contribution in [3.05, 3.63) is 65.6 Å². The molecule has 1 fully saturated rings. The number of hydrogen-bond acceptors (Lipinski definition) is 6. The summed E-state index contributed by atoms with van der Waals surface area (Å²) in [7, 11) is -3.57. The quantitative estimate of drug-likeness (QED) is 0.459. The van der Waals surface area contributed by atoms with Gasteiger partial charge in [0.05, 0.1) is 11.8 Å². The number of benzene rings is 1. The minimum atomic E-state index is -4.69. The van der Waals surface area contributed by atoms with Crippen molar-refractivity contribution in [1.82, 2.24) is 24.6 Å². The van der Waals surface area contributed by atoms with Crippen molar-refractivity contribution in [3.8, 4) is 11.1 Å². The Bertz CT molecular complexity index is 1450. The molecule has 16 heteroatoms. The van der Waals surface area contributed by atoms with Crippen LogP contribution in [0.1, 0.15) is 16.8 Å². The molecule has 2 aromatic heterocycles. The number of pyridine rings is 1. The number of sulfonamides is 1. The second-order valence-electron chi connectivity index (χ2n) is 8.87. The summed E-state index contributed by atoms with van der Waals surface area (Å²) in [4.78, 5) is 19.5. The first-order chi connectivity index (χ1) is 18.1. The van der Waals surface area contributed by atoms with Gasteiger partial charge in [-0.3, -0.25) is 14.6 Å². The predicted octanol–water partition coefficient (Wildman–Crippen LogP) is 4.14. The number of hydrogen-bond donors (Lipinski definition) is 1. The molecule has 0 unspecified atom stereocenters. The van der Waals surface area contributed by atoms with Gasteiger partial charge in [0.25, 0.3) is 0 Å². The highest BCUT2D eigenvalue weighted by Crippen LogP contribution is 2.35. The van der Waals surface area contributed by atoms with Crippen LogP contribution >= 0.6 is 0 Å². The van der Waals surface area contributed by atoms with E-state index in [1.54, 1.807) is 0 Å². The van der Waals surface area contributed by atoms with Crippen molar-refractivity contribution in [2.75, 3.05) is 37.2 Å². The summed E-state index contributed by atoms with van der Waals surface area (Å²) >= 11 is 0. The average Bonchev–Trinajstić information content (AvgIpc) is 3.30. The zero-order chi connectivity index (χ0) is 28.6. The molecule has 1 aliphatic rings. The SMILES string of the molecule is CS(=O)(=O)Nc1ccn(C(=O)N2CCN(Cc3ccc(C(F)(F)F)cc3-c3ccc(C(F)(F)F)nc3)CC2)n1. The van der Waals surface area contributed by atoms with Gasteiger partial charge in [-0.1, -0.05) is 12.1 Å². The normalized spacial score (nSPS) is 15.4. The Kier molecular flexibility index (Phi) is 7.62. The maximum absolute atomic E-state index is 13.4. The van der Waals surface area contributed by atoms with Crippen molar-refractivity contribution in [1.29, 1.82) is 0 Å². The van der Waals surface area contributed by atoms with Crippen LogP contribution in [0.15, 0.2) is 48.8 Å².